The minimum Gasteiger partial charge on any atom is -0.492 e. The molecule has 120 valence electrons. The van der Waals surface area contributed by atoms with E-state index in [2.05, 4.69) is 20.9 Å². The van der Waals surface area contributed by atoms with Crippen molar-refractivity contribution in [2.45, 2.75) is 18.5 Å². The summed E-state index contributed by atoms with van der Waals surface area (Å²) in [4.78, 5) is 5.03. The zero-order chi connectivity index (χ0) is 17.0. The molecule has 0 bridgehead atoms. The number of nitriles is 1. The quantitative estimate of drug-likeness (QED) is 0.429. The molecule has 2 rings (SSSR count). The fourth-order valence-corrected chi connectivity index (χ4v) is 3.18. The fourth-order valence-electron chi connectivity index (χ4n) is 2.49. The largest absolute Gasteiger partial charge is 0.492 e. The Kier molecular flexibility index (Phi) is 6.42. The van der Waals surface area contributed by atoms with Gasteiger partial charge in [-0.2, -0.15) is 5.26 Å². The highest BCUT2D eigenvalue weighted by Crippen LogP contribution is 2.24. The Morgan fingerprint density at radius 2 is 2.26 bits per heavy atom. The maximum absolute atomic E-state index is 9.57. The molecule has 0 aliphatic heterocycles. The molecule has 1 aromatic heterocycles. The summed E-state index contributed by atoms with van der Waals surface area (Å²) in [5.74, 6) is 0. The predicted octanol–water partition coefficient (Wildman–Crippen LogP) is 2.45. The highest BCUT2D eigenvalue weighted by Gasteiger charge is 2.26. The molecule has 0 spiro atoms. The van der Waals surface area contributed by atoms with E-state index in [0.717, 1.165) is 21.9 Å². The van der Waals surface area contributed by atoms with Crippen LogP contribution in [-0.4, -0.2) is 42.4 Å². The van der Waals surface area contributed by atoms with Crippen LogP contribution in [0.25, 0.3) is 10.9 Å². The summed E-state index contributed by atoms with van der Waals surface area (Å²) in [6.07, 6.45) is 4.26. The van der Waals surface area contributed by atoms with Gasteiger partial charge in [0.2, 0.25) is 0 Å². The molecule has 0 aliphatic rings. The Balaban J connectivity index is 2.37. The molecule has 1 aromatic carbocycles. The van der Waals surface area contributed by atoms with E-state index in [1.165, 1.54) is 0 Å². The highest BCUT2D eigenvalue weighted by atomic mass is 79.9. The van der Waals surface area contributed by atoms with Crippen LogP contribution in [0.4, 0.5) is 0 Å². The molecular weight excluding hydrogens is 379 g/mol. The molecule has 0 unspecified atom stereocenters. The number of nitrogens with one attached hydrogen (secondary N) is 1. The van der Waals surface area contributed by atoms with Gasteiger partial charge >= 0.3 is 14.0 Å². The van der Waals surface area contributed by atoms with Crippen molar-refractivity contribution in [3.8, 4) is 6.26 Å². The molecule has 1 heterocycles. The van der Waals surface area contributed by atoms with Crippen LogP contribution in [0.2, 0.25) is 18.2 Å². The number of aromatic nitrogens is 1. The Morgan fingerprint density at radius 3 is 2.87 bits per heavy atom. The number of hydrogen-bond acceptors (Lipinski definition) is 4. The van der Waals surface area contributed by atoms with Crippen molar-refractivity contribution in [2.75, 3.05) is 13.6 Å². The summed E-state index contributed by atoms with van der Waals surface area (Å²) < 4.78 is 5.27. The van der Waals surface area contributed by atoms with E-state index in [9.17, 15) is 5.02 Å². The summed E-state index contributed by atoms with van der Waals surface area (Å²) >= 11 is 9.71. The van der Waals surface area contributed by atoms with E-state index < -0.39 is 14.0 Å². The number of alkyl halides is 1. The van der Waals surface area contributed by atoms with Gasteiger partial charge in [0.25, 0.3) is 6.26 Å². The minimum atomic E-state index is -0.553. The SMILES string of the molecule is CB(O)N(C)CCB(OC#N)c1cc(Cl)cc2c(CBr)c[nH]c12. The third-order valence-electron chi connectivity index (χ3n) is 3.94. The number of halogens is 2. The summed E-state index contributed by atoms with van der Waals surface area (Å²) in [7, 11) is 1.27. The van der Waals surface area contributed by atoms with Gasteiger partial charge in [-0.05, 0) is 49.9 Å². The van der Waals surface area contributed by atoms with Crippen LogP contribution >= 0.6 is 27.5 Å². The minimum absolute atomic E-state index is 0.427. The molecule has 0 saturated carbocycles. The van der Waals surface area contributed by atoms with Crippen LogP contribution in [0.3, 0.4) is 0 Å². The van der Waals surface area contributed by atoms with E-state index in [0.29, 0.717) is 23.2 Å². The van der Waals surface area contributed by atoms with Crippen molar-refractivity contribution in [2.24, 2.45) is 0 Å². The molecule has 0 aliphatic carbocycles. The van der Waals surface area contributed by atoms with Crippen molar-refractivity contribution in [3.63, 3.8) is 0 Å². The van der Waals surface area contributed by atoms with Gasteiger partial charge in [0.15, 0.2) is 0 Å². The fraction of sp³-hybridized carbons (Fsp3) is 0.357. The van der Waals surface area contributed by atoms with Crippen LogP contribution in [0, 0.1) is 11.5 Å². The molecule has 0 saturated heterocycles. The van der Waals surface area contributed by atoms with Gasteiger partial charge < -0.3 is 19.5 Å². The third-order valence-corrected chi connectivity index (χ3v) is 4.76. The van der Waals surface area contributed by atoms with Crippen molar-refractivity contribution in [1.82, 2.24) is 9.79 Å². The molecule has 0 amide bonds. The van der Waals surface area contributed by atoms with Crippen LogP contribution in [-0.2, 0) is 9.98 Å². The lowest BCUT2D eigenvalue weighted by Gasteiger charge is -2.19. The van der Waals surface area contributed by atoms with Gasteiger partial charge in [-0.3, -0.25) is 0 Å². The molecular formula is C14H17B2BrClN3O2. The maximum atomic E-state index is 9.57. The van der Waals surface area contributed by atoms with Crippen molar-refractivity contribution in [1.29, 1.82) is 5.26 Å². The zero-order valence-electron chi connectivity index (χ0n) is 13.0. The summed E-state index contributed by atoms with van der Waals surface area (Å²) in [5, 5.41) is 20.9. The first-order valence-electron chi connectivity index (χ1n) is 7.26. The lowest BCUT2D eigenvalue weighted by Crippen LogP contribution is -2.40. The Labute approximate surface area is 149 Å². The molecule has 0 radical (unpaired) electrons. The van der Waals surface area contributed by atoms with E-state index in [1.807, 2.05) is 25.4 Å². The van der Waals surface area contributed by atoms with Crippen LogP contribution < -0.4 is 5.46 Å². The van der Waals surface area contributed by atoms with Crippen LogP contribution in [0.5, 0.6) is 0 Å². The number of H-pyrrole nitrogens is 1. The standard InChI is InChI=1S/C14H17B2BrClN3O2/c1-15(22)21(2)4-3-16(23-9-19)13-6-11(18)5-12-10(7-17)8-20-14(12)13/h5-6,8,20,22H,3-4,7H2,1-2H3. The first-order valence-corrected chi connectivity index (χ1v) is 8.76. The first kappa shape index (κ1) is 18.2. The molecule has 0 fully saturated rings. The van der Waals surface area contributed by atoms with Gasteiger partial charge in [0, 0.05) is 27.5 Å². The van der Waals surface area contributed by atoms with Gasteiger partial charge in [0.05, 0.1) is 0 Å². The second-order valence-electron chi connectivity index (χ2n) is 5.46. The Bertz CT molecular complexity index is 720. The highest BCUT2D eigenvalue weighted by molar-refractivity contribution is 9.08. The molecule has 23 heavy (non-hydrogen) atoms. The first-order chi connectivity index (χ1) is 11.0. The second kappa shape index (κ2) is 8.11. The lowest BCUT2D eigenvalue weighted by molar-refractivity contribution is 0.426. The molecule has 2 aromatic rings. The normalized spacial score (nSPS) is 10.8. The van der Waals surface area contributed by atoms with Crippen molar-refractivity contribution in [3.05, 3.63) is 28.9 Å². The van der Waals surface area contributed by atoms with E-state index >= 15 is 0 Å². The Morgan fingerprint density at radius 1 is 1.52 bits per heavy atom. The monoisotopic (exact) mass is 395 g/mol. The van der Waals surface area contributed by atoms with Gasteiger partial charge in [-0.25, -0.2) is 0 Å². The maximum Gasteiger partial charge on any atom is 0.410 e. The average molecular weight is 396 g/mol. The van der Waals surface area contributed by atoms with Gasteiger partial charge in [0.1, 0.15) is 0 Å². The van der Waals surface area contributed by atoms with Crippen LogP contribution in [0.1, 0.15) is 5.56 Å². The number of benzene rings is 1. The van der Waals surface area contributed by atoms with Crippen LogP contribution in [0.15, 0.2) is 18.3 Å². The van der Waals surface area contributed by atoms with E-state index in [1.54, 1.807) is 17.9 Å². The molecule has 0 atom stereocenters. The molecule has 5 nitrogen and oxygen atoms in total. The Hall–Kier alpha value is -1.13. The average Bonchev–Trinajstić information content (AvgIpc) is 2.92. The smallest absolute Gasteiger partial charge is 0.410 e. The van der Waals surface area contributed by atoms with Gasteiger partial charge in [-0.1, -0.05) is 27.5 Å². The number of hydrogen-bond donors (Lipinski definition) is 2. The number of fused-ring (bicyclic) bond motifs is 1. The third kappa shape index (κ3) is 4.24. The number of aromatic amines is 1. The summed E-state index contributed by atoms with van der Waals surface area (Å²) in [6.45, 7) is 1.86. The zero-order valence-corrected chi connectivity index (χ0v) is 15.4. The number of rotatable bonds is 7. The lowest BCUT2D eigenvalue weighted by atomic mass is 9.57. The number of nitrogens with zero attached hydrogens (tertiary/aromatic N) is 2. The van der Waals surface area contributed by atoms with E-state index in [4.69, 9.17) is 21.5 Å². The molecule has 9 heteroatoms. The van der Waals surface area contributed by atoms with E-state index in [-0.39, 0.29) is 0 Å². The summed E-state index contributed by atoms with van der Waals surface area (Å²) in [6, 6.07) is 3.72. The predicted molar refractivity (Wildman–Crippen MR) is 99.3 cm³/mol. The summed E-state index contributed by atoms with van der Waals surface area (Å²) in [5.41, 5.74) is 2.87. The van der Waals surface area contributed by atoms with Gasteiger partial charge in [-0.15, -0.1) is 0 Å². The van der Waals surface area contributed by atoms with Crippen molar-refractivity contribution < 1.29 is 9.68 Å². The second-order valence-corrected chi connectivity index (χ2v) is 6.46. The topological polar surface area (TPSA) is 72.3 Å². The molecule has 2 N–H and O–H groups in total. The van der Waals surface area contributed by atoms with Crippen molar-refractivity contribution >= 4 is 57.9 Å².